The number of nitrogens with two attached hydrogens (primary N) is 1. The summed E-state index contributed by atoms with van der Waals surface area (Å²) in [4.78, 5) is 15.4. The lowest BCUT2D eigenvalue weighted by atomic mass is 9.86. The number of amides is 1. The smallest absolute Gasteiger partial charge is 0.255 e. The molecule has 2 aliphatic rings. The van der Waals surface area contributed by atoms with Gasteiger partial charge in [0.2, 0.25) is 0 Å². The van der Waals surface area contributed by atoms with Gasteiger partial charge in [-0.3, -0.25) is 9.69 Å². The second kappa shape index (κ2) is 8.46. The number of methoxy groups -OCH3 is 1. The summed E-state index contributed by atoms with van der Waals surface area (Å²) >= 11 is 6.10. The number of nitrogen functional groups attached to an aromatic ring is 1. The number of hydrogen-bond donors (Lipinski definition) is 2. The summed E-state index contributed by atoms with van der Waals surface area (Å²) in [5, 5.41) is 3.47. The molecule has 2 heterocycles. The first-order valence-electron chi connectivity index (χ1n) is 9.30. The molecule has 0 spiro atoms. The van der Waals surface area contributed by atoms with E-state index in [2.05, 4.69) is 10.2 Å². The van der Waals surface area contributed by atoms with Gasteiger partial charge >= 0.3 is 0 Å². The molecule has 0 unspecified atom stereocenters. The van der Waals surface area contributed by atoms with E-state index in [9.17, 15) is 4.79 Å². The van der Waals surface area contributed by atoms with Crippen LogP contribution in [0.25, 0.3) is 0 Å². The normalized spacial score (nSPS) is 20.5. The van der Waals surface area contributed by atoms with Crippen LogP contribution in [-0.2, 0) is 4.74 Å². The zero-order valence-corrected chi connectivity index (χ0v) is 16.1. The number of hydrogen-bond acceptors (Lipinski definition) is 5. The van der Waals surface area contributed by atoms with Crippen molar-refractivity contribution in [2.75, 3.05) is 45.7 Å². The van der Waals surface area contributed by atoms with Crippen molar-refractivity contribution in [3.05, 3.63) is 22.7 Å². The van der Waals surface area contributed by atoms with Crippen LogP contribution < -0.4 is 15.8 Å². The third-order valence-electron chi connectivity index (χ3n) is 5.59. The molecular weight excluding hydrogens is 354 g/mol. The van der Waals surface area contributed by atoms with Crippen LogP contribution >= 0.6 is 11.6 Å². The van der Waals surface area contributed by atoms with Gasteiger partial charge in [0.15, 0.2) is 0 Å². The highest BCUT2D eigenvalue weighted by atomic mass is 35.5. The number of rotatable bonds is 5. The predicted octanol–water partition coefficient (Wildman–Crippen LogP) is 2.70. The molecule has 1 aromatic rings. The molecule has 144 valence electrons. The van der Waals surface area contributed by atoms with Gasteiger partial charge in [-0.1, -0.05) is 18.0 Å². The summed E-state index contributed by atoms with van der Waals surface area (Å²) in [7, 11) is 1.52. The second-order valence-electron chi connectivity index (χ2n) is 7.14. The quantitative estimate of drug-likeness (QED) is 0.767. The average molecular weight is 382 g/mol. The number of piperidine rings is 1. The zero-order chi connectivity index (χ0) is 18.6. The highest BCUT2D eigenvalue weighted by Gasteiger charge is 2.39. The Morgan fingerprint density at radius 1 is 1.31 bits per heavy atom. The maximum atomic E-state index is 12.8. The molecular formula is C19H28ClN3O3. The van der Waals surface area contributed by atoms with Crippen molar-refractivity contribution in [3.8, 4) is 5.75 Å². The van der Waals surface area contributed by atoms with Crippen LogP contribution in [0.3, 0.4) is 0 Å². The van der Waals surface area contributed by atoms with Gasteiger partial charge in [0.25, 0.3) is 5.91 Å². The third kappa shape index (κ3) is 4.08. The van der Waals surface area contributed by atoms with Crippen LogP contribution in [-0.4, -0.2) is 56.3 Å². The van der Waals surface area contributed by atoms with E-state index in [4.69, 9.17) is 26.8 Å². The zero-order valence-electron chi connectivity index (χ0n) is 15.4. The van der Waals surface area contributed by atoms with E-state index in [1.807, 2.05) is 0 Å². The number of anilines is 1. The number of nitrogens with one attached hydrogen (secondary N) is 1. The third-order valence-corrected chi connectivity index (χ3v) is 5.92. The van der Waals surface area contributed by atoms with Crippen LogP contribution in [0.15, 0.2) is 12.1 Å². The summed E-state index contributed by atoms with van der Waals surface area (Å²) in [6, 6.07) is 3.16. The summed E-state index contributed by atoms with van der Waals surface area (Å²) < 4.78 is 10.9. The molecule has 2 saturated heterocycles. The number of nitrogens with zero attached hydrogens (tertiary/aromatic N) is 1. The molecule has 3 N–H and O–H groups in total. The monoisotopic (exact) mass is 381 g/mol. The number of likely N-dealkylation sites (tertiary alicyclic amines) is 1. The molecule has 26 heavy (non-hydrogen) atoms. The largest absolute Gasteiger partial charge is 0.496 e. The van der Waals surface area contributed by atoms with Crippen molar-refractivity contribution in [3.63, 3.8) is 0 Å². The standard InChI is InChI=1S/C19H28ClN3O3/c1-25-17-12-16(21)15(20)11-14(17)18(24)22-13-19(5-9-26-10-6-19)23-7-3-2-4-8-23/h11-12H,2-10,13,21H2,1H3,(H,22,24). The average Bonchev–Trinajstić information content (AvgIpc) is 2.69. The van der Waals surface area contributed by atoms with Crippen molar-refractivity contribution in [2.24, 2.45) is 0 Å². The van der Waals surface area contributed by atoms with Gasteiger partial charge in [-0.05, 0) is 44.8 Å². The Morgan fingerprint density at radius 3 is 2.65 bits per heavy atom. The van der Waals surface area contributed by atoms with Crippen LogP contribution in [0.1, 0.15) is 42.5 Å². The molecule has 0 aliphatic carbocycles. The number of halogens is 1. The molecule has 0 saturated carbocycles. The summed E-state index contributed by atoms with van der Waals surface area (Å²) in [5.74, 6) is 0.245. The number of benzene rings is 1. The minimum atomic E-state index is -0.188. The van der Waals surface area contributed by atoms with E-state index >= 15 is 0 Å². The van der Waals surface area contributed by atoms with E-state index < -0.39 is 0 Å². The van der Waals surface area contributed by atoms with Crippen LogP contribution in [0, 0.1) is 0 Å². The fourth-order valence-corrected chi connectivity index (χ4v) is 4.14. The molecule has 7 heteroatoms. The maximum Gasteiger partial charge on any atom is 0.255 e. The Morgan fingerprint density at radius 2 is 2.00 bits per heavy atom. The van der Waals surface area contributed by atoms with Gasteiger partial charge in [-0.2, -0.15) is 0 Å². The Kier molecular flexibility index (Phi) is 6.27. The van der Waals surface area contributed by atoms with E-state index in [1.54, 1.807) is 12.1 Å². The fourth-order valence-electron chi connectivity index (χ4n) is 3.98. The van der Waals surface area contributed by atoms with Gasteiger partial charge in [0.05, 0.1) is 23.4 Å². The van der Waals surface area contributed by atoms with Crippen molar-refractivity contribution in [1.29, 1.82) is 0 Å². The van der Waals surface area contributed by atoms with Crippen molar-refractivity contribution in [1.82, 2.24) is 10.2 Å². The van der Waals surface area contributed by atoms with Crippen molar-refractivity contribution in [2.45, 2.75) is 37.6 Å². The van der Waals surface area contributed by atoms with Crippen molar-refractivity contribution >= 4 is 23.2 Å². The van der Waals surface area contributed by atoms with E-state index in [1.165, 1.54) is 26.4 Å². The molecule has 0 bridgehead atoms. The van der Waals surface area contributed by atoms with Crippen LogP contribution in [0.4, 0.5) is 5.69 Å². The first-order valence-corrected chi connectivity index (χ1v) is 9.67. The molecule has 0 aromatic heterocycles. The highest BCUT2D eigenvalue weighted by molar-refractivity contribution is 6.33. The molecule has 0 atom stereocenters. The number of carbonyl (C=O) groups excluding carboxylic acids is 1. The lowest BCUT2D eigenvalue weighted by Crippen LogP contribution is -2.59. The lowest BCUT2D eigenvalue weighted by Gasteiger charge is -2.48. The molecule has 3 rings (SSSR count). The minimum absolute atomic E-state index is 0.0286. The number of ether oxygens (including phenoxy) is 2. The van der Waals surface area contributed by atoms with E-state index in [-0.39, 0.29) is 11.4 Å². The molecule has 6 nitrogen and oxygen atoms in total. The summed E-state index contributed by atoms with van der Waals surface area (Å²) in [5.41, 5.74) is 6.59. The topological polar surface area (TPSA) is 76.8 Å². The highest BCUT2D eigenvalue weighted by Crippen LogP contribution is 2.32. The van der Waals surface area contributed by atoms with Crippen molar-refractivity contribution < 1.29 is 14.3 Å². The van der Waals surface area contributed by atoms with Crippen LogP contribution in [0.2, 0.25) is 5.02 Å². The SMILES string of the molecule is COc1cc(N)c(Cl)cc1C(=O)NCC1(N2CCCCC2)CCOCC1. The Bertz CT molecular complexity index is 641. The van der Waals surface area contributed by atoms with Gasteiger partial charge in [-0.25, -0.2) is 0 Å². The fraction of sp³-hybridized carbons (Fsp3) is 0.632. The molecule has 0 radical (unpaired) electrons. The van der Waals surface area contributed by atoms with E-state index in [0.29, 0.717) is 28.6 Å². The number of carbonyl (C=O) groups is 1. The molecule has 2 fully saturated rings. The van der Waals surface area contributed by atoms with Crippen LogP contribution in [0.5, 0.6) is 5.75 Å². The Hall–Kier alpha value is -1.50. The molecule has 1 amide bonds. The summed E-state index contributed by atoms with van der Waals surface area (Å²) in [6.45, 7) is 4.26. The van der Waals surface area contributed by atoms with Gasteiger partial charge in [-0.15, -0.1) is 0 Å². The maximum absolute atomic E-state index is 12.8. The van der Waals surface area contributed by atoms with E-state index in [0.717, 1.165) is 39.1 Å². The second-order valence-corrected chi connectivity index (χ2v) is 7.55. The molecule has 2 aliphatic heterocycles. The van der Waals surface area contributed by atoms with Gasteiger partial charge in [0, 0.05) is 31.4 Å². The lowest BCUT2D eigenvalue weighted by molar-refractivity contribution is -0.0349. The minimum Gasteiger partial charge on any atom is -0.496 e. The molecule has 1 aromatic carbocycles. The van der Waals surface area contributed by atoms with Gasteiger partial charge < -0.3 is 20.5 Å². The first-order chi connectivity index (χ1) is 12.6. The van der Waals surface area contributed by atoms with Gasteiger partial charge in [0.1, 0.15) is 5.75 Å². The first kappa shape index (κ1) is 19.3. The Balaban J connectivity index is 1.74. The Labute approximate surface area is 160 Å². The predicted molar refractivity (Wildman–Crippen MR) is 103 cm³/mol. The summed E-state index contributed by atoms with van der Waals surface area (Å²) in [6.07, 6.45) is 5.60.